The van der Waals surface area contributed by atoms with Crippen LogP contribution in [0, 0.1) is 0 Å². The SMILES string of the molecule is COCCC1CN(C(=O)c2cc(C(F)(F)F)[nH]n2)CCO1. The van der Waals surface area contributed by atoms with Crippen molar-refractivity contribution in [2.75, 3.05) is 33.4 Å². The third kappa shape index (κ3) is 3.94. The van der Waals surface area contributed by atoms with E-state index in [9.17, 15) is 18.0 Å². The Kier molecular flexibility index (Phi) is 4.84. The molecular weight excluding hydrogens is 291 g/mol. The van der Waals surface area contributed by atoms with Crippen molar-refractivity contribution in [3.63, 3.8) is 0 Å². The highest BCUT2D eigenvalue weighted by molar-refractivity contribution is 5.92. The van der Waals surface area contributed by atoms with Gasteiger partial charge >= 0.3 is 6.18 Å². The van der Waals surface area contributed by atoms with E-state index in [-0.39, 0.29) is 11.8 Å². The Balaban J connectivity index is 2.00. The third-order valence-corrected chi connectivity index (χ3v) is 3.17. The van der Waals surface area contributed by atoms with Gasteiger partial charge < -0.3 is 14.4 Å². The minimum atomic E-state index is -4.54. The Morgan fingerprint density at radius 1 is 1.62 bits per heavy atom. The summed E-state index contributed by atoms with van der Waals surface area (Å²) in [5.41, 5.74) is -1.27. The van der Waals surface area contributed by atoms with Crippen LogP contribution in [0.5, 0.6) is 0 Å². The highest BCUT2D eigenvalue weighted by atomic mass is 19.4. The lowest BCUT2D eigenvalue weighted by Gasteiger charge is -2.32. The van der Waals surface area contributed by atoms with E-state index >= 15 is 0 Å². The molecule has 1 aromatic heterocycles. The maximum atomic E-state index is 12.5. The number of halogens is 3. The van der Waals surface area contributed by atoms with Crippen molar-refractivity contribution in [3.05, 3.63) is 17.5 Å². The molecule has 1 aliphatic heterocycles. The predicted molar refractivity (Wildman–Crippen MR) is 65.7 cm³/mol. The number of aromatic amines is 1. The molecular formula is C12H16F3N3O3. The number of morpholine rings is 1. The molecule has 0 radical (unpaired) electrons. The number of rotatable bonds is 4. The Bertz CT molecular complexity index is 490. The molecule has 0 aromatic carbocycles. The van der Waals surface area contributed by atoms with Crippen LogP contribution in [0.1, 0.15) is 22.6 Å². The molecule has 1 amide bonds. The molecule has 0 bridgehead atoms. The number of amides is 1. The number of hydrogen-bond acceptors (Lipinski definition) is 4. The topological polar surface area (TPSA) is 67.5 Å². The number of nitrogens with one attached hydrogen (secondary N) is 1. The lowest BCUT2D eigenvalue weighted by atomic mass is 10.2. The number of hydrogen-bond donors (Lipinski definition) is 1. The van der Waals surface area contributed by atoms with Crippen LogP contribution in [0.2, 0.25) is 0 Å². The summed E-state index contributed by atoms with van der Waals surface area (Å²) in [7, 11) is 1.56. The quantitative estimate of drug-likeness (QED) is 0.910. The van der Waals surface area contributed by atoms with Crippen molar-refractivity contribution in [1.29, 1.82) is 0 Å². The molecule has 0 spiro atoms. The van der Waals surface area contributed by atoms with Gasteiger partial charge in [0.05, 0.1) is 12.7 Å². The predicted octanol–water partition coefficient (Wildman–Crippen LogP) is 1.31. The first-order valence-corrected chi connectivity index (χ1v) is 6.44. The molecule has 1 saturated heterocycles. The smallest absolute Gasteiger partial charge is 0.385 e. The van der Waals surface area contributed by atoms with Crippen LogP contribution in [0.3, 0.4) is 0 Å². The summed E-state index contributed by atoms with van der Waals surface area (Å²) in [6, 6.07) is 0.724. The fourth-order valence-corrected chi connectivity index (χ4v) is 2.07. The number of H-pyrrole nitrogens is 1. The van der Waals surface area contributed by atoms with Crippen LogP contribution in [-0.2, 0) is 15.7 Å². The van der Waals surface area contributed by atoms with E-state index in [1.165, 1.54) is 4.90 Å². The minimum Gasteiger partial charge on any atom is -0.385 e. The lowest BCUT2D eigenvalue weighted by molar-refractivity contribution is -0.141. The summed E-state index contributed by atoms with van der Waals surface area (Å²) in [5.74, 6) is -0.535. The molecule has 1 aromatic rings. The maximum Gasteiger partial charge on any atom is 0.432 e. The Hall–Kier alpha value is -1.61. The van der Waals surface area contributed by atoms with Gasteiger partial charge in [-0.1, -0.05) is 0 Å². The van der Waals surface area contributed by atoms with Crippen molar-refractivity contribution in [2.24, 2.45) is 0 Å². The Morgan fingerprint density at radius 2 is 2.38 bits per heavy atom. The molecule has 0 aliphatic carbocycles. The first-order chi connectivity index (χ1) is 9.91. The highest BCUT2D eigenvalue weighted by Gasteiger charge is 2.35. The van der Waals surface area contributed by atoms with Crippen LogP contribution in [0.25, 0.3) is 0 Å². The van der Waals surface area contributed by atoms with Gasteiger partial charge in [0.15, 0.2) is 5.69 Å². The highest BCUT2D eigenvalue weighted by Crippen LogP contribution is 2.28. The molecule has 2 rings (SSSR count). The number of nitrogens with zero attached hydrogens (tertiary/aromatic N) is 2. The van der Waals surface area contributed by atoms with Crippen LogP contribution in [-0.4, -0.2) is 60.5 Å². The number of aromatic nitrogens is 2. The number of ether oxygens (including phenoxy) is 2. The summed E-state index contributed by atoms with van der Waals surface area (Å²) in [6.07, 6.45) is -4.10. The molecule has 21 heavy (non-hydrogen) atoms. The molecule has 1 atom stereocenters. The number of carbonyl (C=O) groups is 1. The fraction of sp³-hybridized carbons (Fsp3) is 0.667. The van der Waals surface area contributed by atoms with E-state index in [0.29, 0.717) is 32.7 Å². The van der Waals surface area contributed by atoms with E-state index in [1.54, 1.807) is 7.11 Å². The van der Waals surface area contributed by atoms with Gasteiger partial charge in [-0.05, 0) is 6.42 Å². The van der Waals surface area contributed by atoms with Crippen LogP contribution in [0.4, 0.5) is 13.2 Å². The molecule has 1 fully saturated rings. The van der Waals surface area contributed by atoms with Gasteiger partial charge in [0.25, 0.3) is 5.91 Å². The van der Waals surface area contributed by atoms with Crippen LogP contribution in [0.15, 0.2) is 6.07 Å². The molecule has 6 nitrogen and oxygen atoms in total. The summed E-state index contributed by atoms with van der Waals surface area (Å²) < 4.78 is 47.8. The molecule has 0 saturated carbocycles. The average Bonchev–Trinajstić information content (AvgIpc) is 2.94. The molecule has 9 heteroatoms. The summed E-state index contributed by atoms with van der Waals surface area (Å²) in [6.45, 7) is 1.48. The molecule has 2 heterocycles. The zero-order valence-electron chi connectivity index (χ0n) is 11.4. The molecule has 1 unspecified atom stereocenters. The average molecular weight is 307 g/mol. The number of carbonyl (C=O) groups excluding carboxylic acids is 1. The van der Waals surface area contributed by atoms with Crippen molar-refractivity contribution in [2.45, 2.75) is 18.7 Å². The van der Waals surface area contributed by atoms with Crippen molar-refractivity contribution in [3.8, 4) is 0 Å². The zero-order chi connectivity index (χ0) is 15.5. The lowest BCUT2D eigenvalue weighted by Crippen LogP contribution is -2.46. The number of methoxy groups -OCH3 is 1. The largest absolute Gasteiger partial charge is 0.432 e. The second-order valence-electron chi connectivity index (χ2n) is 4.69. The van der Waals surface area contributed by atoms with E-state index in [1.807, 2.05) is 5.10 Å². The summed E-state index contributed by atoms with van der Waals surface area (Å²) >= 11 is 0. The zero-order valence-corrected chi connectivity index (χ0v) is 11.4. The van der Waals surface area contributed by atoms with Gasteiger partial charge in [-0.25, -0.2) is 0 Å². The van der Waals surface area contributed by atoms with Gasteiger partial charge in [-0.3, -0.25) is 9.89 Å². The minimum absolute atomic E-state index is 0.177. The molecule has 1 aliphatic rings. The van der Waals surface area contributed by atoms with Crippen molar-refractivity contribution in [1.82, 2.24) is 15.1 Å². The Morgan fingerprint density at radius 3 is 3.00 bits per heavy atom. The van der Waals surface area contributed by atoms with E-state index in [4.69, 9.17) is 9.47 Å². The third-order valence-electron chi connectivity index (χ3n) is 3.17. The molecule has 1 N–H and O–H groups in total. The summed E-state index contributed by atoms with van der Waals surface area (Å²) in [4.78, 5) is 13.6. The maximum absolute atomic E-state index is 12.5. The van der Waals surface area contributed by atoms with Crippen molar-refractivity contribution < 1.29 is 27.4 Å². The first kappa shape index (κ1) is 15.8. The Labute approximate surface area is 119 Å². The van der Waals surface area contributed by atoms with Gasteiger partial charge in [-0.2, -0.15) is 18.3 Å². The number of alkyl halides is 3. The van der Waals surface area contributed by atoms with Gasteiger partial charge in [0.1, 0.15) is 5.69 Å². The van der Waals surface area contributed by atoms with E-state index in [0.717, 1.165) is 6.07 Å². The van der Waals surface area contributed by atoms with E-state index in [2.05, 4.69) is 5.10 Å². The molecule has 118 valence electrons. The summed E-state index contributed by atoms with van der Waals surface area (Å²) in [5, 5.41) is 5.28. The fourth-order valence-electron chi connectivity index (χ4n) is 2.07. The van der Waals surface area contributed by atoms with E-state index < -0.39 is 17.8 Å². The van der Waals surface area contributed by atoms with Crippen LogP contribution < -0.4 is 0 Å². The second kappa shape index (κ2) is 6.44. The monoisotopic (exact) mass is 307 g/mol. The van der Waals surface area contributed by atoms with Gasteiger partial charge in [-0.15, -0.1) is 0 Å². The second-order valence-corrected chi connectivity index (χ2v) is 4.69. The van der Waals surface area contributed by atoms with Crippen molar-refractivity contribution >= 4 is 5.91 Å². The van der Waals surface area contributed by atoms with Gasteiger partial charge in [0, 0.05) is 32.9 Å². The normalized spacial score (nSPS) is 19.8. The van der Waals surface area contributed by atoms with Crippen LogP contribution >= 0.6 is 0 Å². The first-order valence-electron chi connectivity index (χ1n) is 6.44. The standard InChI is InChI=1S/C12H16F3N3O3/c1-20-4-2-8-7-18(3-5-21-8)11(19)9-6-10(17-16-9)12(13,14)15/h6,8H,2-5,7H2,1H3,(H,16,17). The van der Waals surface area contributed by atoms with Gasteiger partial charge in [0.2, 0.25) is 0 Å².